The van der Waals surface area contributed by atoms with Crippen molar-refractivity contribution in [2.75, 3.05) is 6.54 Å². The van der Waals surface area contributed by atoms with E-state index in [0.717, 1.165) is 23.1 Å². The quantitative estimate of drug-likeness (QED) is 0.849. The molecule has 90 valence electrons. The lowest BCUT2D eigenvalue weighted by Crippen LogP contribution is -2.04. The molecule has 0 saturated carbocycles. The molecule has 0 spiro atoms. The number of benzene rings is 1. The van der Waals surface area contributed by atoms with E-state index in [1.54, 1.807) is 6.07 Å². The number of fused-ring (bicyclic) bond motifs is 1. The molecule has 0 amide bonds. The Morgan fingerprint density at radius 2 is 1.88 bits per heavy atom. The number of aromatic nitrogens is 1. The fourth-order valence-electron chi connectivity index (χ4n) is 1.87. The first-order valence-corrected chi connectivity index (χ1v) is 6.31. The van der Waals surface area contributed by atoms with Crippen LogP contribution in [0.3, 0.4) is 0 Å². The number of nitrogens with two attached hydrogens (primary N) is 1. The molecule has 0 radical (unpaired) electrons. The Morgan fingerprint density at radius 1 is 1.18 bits per heavy atom. The molecule has 2 N–H and O–H groups in total. The lowest BCUT2D eigenvalue weighted by molar-refractivity contribution is 0.971. The summed E-state index contributed by atoms with van der Waals surface area (Å²) in [5.41, 5.74) is 8.20. The van der Waals surface area contributed by atoms with Crippen LogP contribution in [0, 0.1) is 6.92 Å². The van der Waals surface area contributed by atoms with Crippen molar-refractivity contribution in [2.45, 2.75) is 13.3 Å². The van der Waals surface area contributed by atoms with Crippen LogP contribution in [0.5, 0.6) is 0 Å². The Morgan fingerprint density at radius 3 is 2.53 bits per heavy atom. The monoisotopic (exact) mass is 288 g/mol. The van der Waals surface area contributed by atoms with E-state index in [1.807, 2.05) is 13.0 Å². The van der Waals surface area contributed by atoms with Crippen molar-refractivity contribution < 1.29 is 0 Å². The molecule has 1 aromatic heterocycles. The number of aryl methyl sites for hydroxylation is 1. The first-order chi connectivity index (χ1) is 8.04. The van der Waals surface area contributed by atoms with E-state index in [4.69, 9.17) is 40.5 Å². The first kappa shape index (κ1) is 12.9. The molecule has 0 fully saturated rings. The second-order valence-electron chi connectivity index (χ2n) is 3.84. The summed E-state index contributed by atoms with van der Waals surface area (Å²) < 4.78 is 0. The zero-order valence-electron chi connectivity index (χ0n) is 9.23. The van der Waals surface area contributed by atoms with Gasteiger partial charge < -0.3 is 5.73 Å². The van der Waals surface area contributed by atoms with Crippen molar-refractivity contribution in [3.05, 3.63) is 38.5 Å². The maximum absolute atomic E-state index is 6.22. The topological polar surface area (TPSA) is 38.9 Å². The van der Waals surface area contributed by atoms with Crippen LogP contribution in [0.2, 0.25) is 15.1 Å². The highest BCUT2D eigenvalue weighted by atomic mass is 35.5. The van der Waals surface area contributed by atoms with Gasteiger partial charge in [-0.1, -0.05) is 34.8 Å². The van der Waals surface area contributed by atoms with Gasteiger partial charge in [0.1, 0.15) is 0 Å². The van der Waals surface area contributed by atoms with Gasteiger partial charge in [0.15, 0.2) is 0 Å². The molecule has 1 aromatic carbocycles. The van der Waals surface area contributed by atoms with Crippen LogP contribution in [-0.4, -0.2) is 11.5 Å². The molecule has 0 atom stereocenters. The van der Waals surface area contributed by atoms with E-state index < -0.39 is 0 Å². The van der Waals surface area contributed by atoms with Crippen LogP contribution >= 0.6 is 34.8 Å². The molecule has 0 saturated heterocycles. The van der Waals surface area contributed by atoms with Gasteiger partial charge in [0, 0.05) is 11.1 Å². The predicted octanol–water partition coefficient (Wildman–Crippen LogP) is 4.00. The van der Waals surface area contributed by atoms with Crippen LogP contribution in [0.4, 0.5) is 0 Å². The third-order valence-corrected chi connectivity index (χ3v) is 3.63. The minimum atomic E-state index is 0.438. The summed E-state index contributed by atoms with van der Waals surface area (Å²) in [6.07, 6.45) is 0.719. The third-order valence-electron chi connectivity index (χ3n) is 2.55. The zero-order valence-corrected chi connectivity index (χ0v) is 11.5. The summed E-state index contributed by atoms with van der Waals surface area (Å²) in [4.78, 5) is 4.40. The Bertz CT molecular complexity index is 582. The van der Waals surface area contributed by atoms with Gasteiger partial charge in [-0.05, 0) is 37.6 Å². The molecule has 0 aliphatic rings. The molecule has 0 aliphatic heterocycles. The summed E-state index contributed by atoms with van der Waals surface area (Å²) in [6.45, 7) is 2.46. The van der Waals surface area contributed by atoms with Crippen molar-refractivity contribution in [1.82, 2.24) is 4.98 Å². The van der Waals surface area contributed by atoms with Crippen molar-refractivity contribution >= 4 is 45.7 Å². The number of halogens is 3. The number of nitrogens with zero attached hydrogens (tertiary/aromatic N) is 1. The molecule has 1 heterocycles. The van der Waals surface area contributed by atoms with Crippen molar-refractivity contribution in [1.29, 1.82) is 0 Å². The Kier molecular flexibility index (Phi) is 3.79. The number of pyridine rings is 1. The summed E-state index contributed by atoms with van der Waals surface area (Å²) >= 11 is 18.4. The predicted molar refractivity (Wildman–Crippen MR) is 74.3 cm³/mol. The molecule has 5 heteroatoms. The van der Waals surface area contributed by atoms with Crippen LogP contribution in [-0.2, 0) is 6.42 Å². The van der Waals surface area contributed by atoms with E-state index >= 15 is 0 Å². The molecule has 0 aliphatic carbocycles. The summed E-state index contributed by atoms with van der Waals surface area (Å²) in [7, 11) is 0. The van der Waals surface area contributed by atoms with Gasteiger partial charge in [0.25, 0.3) is 0 Å². The number of rotatable bonds is 2. The molecule has 0 unspecified atom stereocenters. The second kappa shape index (κ2) is 4.99. The van der Waals surface area contributed by atoms with E-state index in [-0.39, 0.29) is 0 Å². The summed E-state index contributed by atoms with van der Waals surface area (Å²) in [6, 6.07) is 3.58. The van der Waals surface area contributed by atoms with Gasteiger partial charge in [-0.2, -0.15) is 0 Å². The van der Waals surface area contributed by atoms with E-state index in [2.05, 4.69) is 4.98 Å². The van der Waals surface area contributed by atoms with Gasteiger partial charge in [-0.25, -0.2) is 0 Å². The molecular weight excluding hydrogens is 279 g/mol. The van der Waals surface area contributed by atoms with Gasteiger partial charge in [-0.15, -0.1) is 0 Å². The normalized spacial score (nSPS) is 11.1. The smallest absolute Gasteiger partial charge is 0.0910 e. The SMILES string of the molecule is Cc1cc(CCN)c2c(Cl)c(Cl)cc(Cl)c2n1. The van der Waals surface area contributed by atoms with Gasteiger partial charge in [-0.3, -0.25) is 4.98 Å². The first-order valence-electron chi connectivity index (χ1n) is 5.18. The molecule has 2 aromatic rings. The average Bonchev–Trinajstić information content (AvgIpc) is 2.26. The van der Waals surface area contributed by atoms with Crippen LogP contribution < -0.4 is 5.73 Å². The molecule has 2 rings (SSSR count). The van der Waals surface area contributed by atoms with Gasteiger partial charge in [0.2, 0.25) is 0 Å². The van der Waals surface area contributed by atoms with Crippen molar-refractivity contribution in [3.63, 3.8) is 0 Å². The molecule has 2 nitrogen and oxygen atoms in total. The second-order valence-corrected chi connectivity index (χ2v) is 5.03. The number of hydrogen-bond donors (Lipinski definition) is 1. The minimum Gasteiger partial charge on any atom is -0.330 e. The fourth-order valence-corrected chi connectivity index (χ4v) is 2.64. The zero-order chi connectivity index (χ0) is 12.6. The van der Waals surface area contributed by atoms with Crippen LogP contribution in [0.1, 0.15) is 11.3 Å². The maximum Gasteiger partial charge on any atom is 0.0910 e. The average molecular weight is 290 g/mol. The summed E-state index contributed by atoms with van der Waals surface area (Å²) in [5.74, 6) is 0. The fraction of sp³-hybridized carbons (Fsp3) is 0.250. The lowest BCUT2D eigenvalue weighted by atomic mass is 10.0. The number of hydrogen-bond acceptors (Lipinski definition) is 2. The highest BCUT2D eigenvalue weighted by Crippen LogP contribution is 2.37. The Balaban J connectivity index is 2.89. The highest BCUT2D eigenvalue weighted by Gasteiger charge is 2.13. The van der Waals surface area contributed by atoms with Crippen LogP contribution in [0.25, 0.3) is 10.9 Å². The van der Waals surface area contributed by atoms with Crippen molar-refractivity contribution in [3.8, 4) is 0 Å². The van der Waals surface area contributed by atoms with E-state index in [1.165, 1.54) is 0 Å². The Hall–Kier alpha value is -0.540. The van der Waals surface area contributed by atoms with E-state index in [9.17, 15) is 0 Å². The third kappa shape index (κ3) is 2.36. The largest absolute Gasteiger partial charge is 0.330 e. The molecule has 0 bridgehead atoms. The molecule has 17 heavy (non-hydrogen) atoms. The van der Waals surface area contributed by atoms with Crippen LogP contribution in [0.15, 0.2) is 12.1 Å². The maximum atomic E-state index is 6.22. The summed E-state index contributed by atoms with van der Waals surface area (Å²) in [5, 5.41) is 2.24. The Labute approximate surface area is 115 Å². The highest BCUT2D eigenvalue weighted by molar-refractivity contribution is 6.47. The standard InChI is InChI=1S/C12H11Cl3N2/c1-6-4-7(2-3-16)10-11(15)8(13)5-9(14)12(10)17-6/h4-5H,2-3,16H2,1H3. The van der Waals surface area contributed by atoms with Gasteiger partial charge in [0.05, 0.1) is 20.6 Å². The lowest BCUT2D eigenvalue weighted by Gasteiger charge is -2.11. The minimum absolute atomic E-state index is 0.438. The van der Waals surface area contributed by atoms with Crippen molar-refractivity contribution in [2.24, 2.45) is 5.73 Å². The van der Waals surface area contributed by atoms with Gasteiger partial charge >= 0.3 is 0 Å². The molecular formula is C12H11Cl3N2. The van der Waals surface area contributed by atoms with E-state index in [0.29, 0.717) is 27.1 Å².